The van der Waals surface area contributed by atoms with Gasteiger partial charge in [0.1, 0.15) is 0 Å². The van der Waals surface area contributed by atoms with Gasteiger partial charge in [-0.3, -0.25) is 4.79 Å². The highest BCUT2D eigenvalue weighted by Crippen LogP contribution is 2.10. The number of amides is 1. The maximum atomic E-state index is 11.6. The molecule has 0 aromatic carbocycles. The van der Waals surface area contributed by atoms with Crippen LogP contribution in [0.25, 0.3) is 0 Å². The summed E-state index contributed by atoms with van der Waals surface area (Å²) < 4.78 is 6.73. The van der Waals surface area contributed by atoms with E-state index in [9.17, 15) is 4.79 Å². The third-order valence-corrected chi connectivity index (χ3v) is 4.84. The molecule has 0 aliphatic carbocycles. The molecular weight excluding hydrogens is 288 g/mol. The molecule has 1 heterocycles. The van der Waals surface area contributed by atoms with Crippen LogP contribution < -0.4 is 0 Å². The van der Waals surface area contributed by atoms with Crippen molar-refractivity contribution in [3.05, 3.63) is 0 Å². The molecule has 4 nitrogen and oxygen atoms in total. The molecule has 0 bridgehead atoms. The van der Waals surface area contributed by atoms with Crippen LogP contribution in [0.1, 0.15) is 64.7 Å². The smallest absolute Gasteiger partial charge is 0.222 e. The Morgan fingerprint density at radius 1 is 1.00 bits per heavy atom. The van der Waals surface area contributed by atoms with E-state index in [1.54, 1.807) is 0 Å². The number of ether oxygens (including phenoxy) is 1. The van der Waals surface area contributed by atoms with Crippen molar-refractivity contribution < 1.29 is 14.0 Å². The first-order valence-corrected chi connectivity index (χ1v) is 9.73. The minimum Gasteiger partial charge on any atom is -0.381 e. The molecule has 0 radical (unpaired) electrons. The summed E-state index contributed by atoms with van der Waals surface area (Å²) in [4.78, 5) is 13.7. The standard InChI is InChI=1S/C19H39N2O2/c1-4-5-6-7-8-9-17-23-18-11-15-21(2,3)16-14-20-13-10-12-19(20)22/h4-18H2,1-3H3/q+1. The summed E-state index contributed by atoms with van der Waals surface area (Å²) in [5.74, 6) is 0.340. The highest BCUT2D eigenvalue weighted by atomic mass is 16.5. The predicted molar refractivity (Wildman–Crippen MR) is 96.5 cm³/mol. The van der Waals surface area contributed by atoms with Crippen LogP contribution in [0.3, 0.4) is 0 Å². The van der Waals surface area contributed by atoms with Gasteiger partial charge in [-0.05, 0) is 12.8 Å². The Morgan fingerprint density at radius 3 is 2.39 bits per heavy atom. The van der Waals surface area contributed by atoms with Crippen LogP contribution in [-0.2, 0) is 9.53 Å². The quantitative estimate of drug-likeness (QED) is 0.361. The van der Waals surface area contributed by atoms with E-state index >= 15 is 0 Å². The number of likely N-dealkylation sites (N-methyl/N-ethyl adjacent to an activating group) is 1. The number of hydrogen-bond acceptors (Lipinski definition) is 2. The van der Waals surface area contributed by atoms with Crippen LogP contribution >= 0.6 is 0 Å². The van der Waals surface area contributed by atoms with Crippen molar-refractivity contribution in [1.29, 1.82) is 0 Å². The Labute approximate surface area is 143 Å². The zero-order valence-corrected chi connectivity index (χ0v) is 15.8. The van der Waals surface area contributed by atoms with E-state index in [0.717, 1.165) is 63.1 Å². The first-order chi connectivity index (χ1) is 11.0. The monoisotopic (exact) mass is 327 g/mol. The number of hydrogen-bond donors (Lipinski definition) is 0. The molecule has 1 amide bonds. The molecule has 0 aromatic heterocycles. The molecule has 0 aromatic rings. The van der Waals surface area contributed by atoms with Crippen molar-refractivity contribution in [1.82, 2.24) is 4.90 Å². The number of likely N-dealkylation sites (tertiary alicyclic amines) is 1. The van der Waals surface area contributed by atoms with Crippen LogP contribution in [-0.4, -0.2) is 68.8 Å². The lowest BCUT2D eigenvalue weighted by Gasteiger charge is -2.31. The molecule has 1 aliphatic rings. The Balaban J connectivity index is 1.93. The second-order valence-corrected chi connectivity index (χ2v) is 7.60. The van der Waals surface area contributed by atoms with E-state index in [-0.39, 0.29) is 0 Å². The zero-order chi connectivity index (χ0) is 17.0. The van der Waals surface area contributed by atoms with Gasteiger partial charge in [0.15, 0.2) is 0 Å². The maximum absolute atomic E-state index is 11.6. The molecule has 1 saturated heterocycles. The summed E-state index contributed by atoms with van der Waals surface area (Å²) in [5, 5.41) is 0. The van der Waals surface area contributed by atoms with Crippen molar-refractivity contribution in [3.63, 3.8) is 0 Å². The maximum Gasteiger partial charge on any atom is 0.222 e. The molecule has 23 heavy (non-hydrogen) atoms. The summed E-state index contributed by atoms with van der Waals surface area (Å²) in [6.45, 7) is 8.08. The molecule has 4 heteroatoms. The van der Waals surface area contributed by atoms with Gasteiger partial charge in [-0.15, -0.1) is 0 Å². The summed E-state index contributed by atoms with van der Waals surface area (Å²) in [6.07, 6.45) is 10.8. The molecule has 0 N–H and O–H groups in total. The number of unbranched alkanes of at least 4 members (excludes halogenated alkanes) is 5. The SMILES string of the molecule is CCCCCCCCOCCC[N+](C)(C)CCN1CCCC1=O. The fraction of sp³-hybridized carbons (Fsp3) is 0.947. The Hall–Kier alpha value is -0.610. The first kappa shape index (κ1) is 20.4. The average Bonchev–Trinajstić information content (AvgIpc) is 2.92. The summed E-state index contributed by atoms with van der Waals surface area (Å²) >= 11 is 0. The second-order valence-electron chi connectivity index (χ2n) is 7.60. The van der Waals surface area contributed by atoms with Gasteiger partial charge >= 0.3 is 0 Å². The zero-order valence-electron chi connectivity index (χ0n) is 15.8. The van der Waals surface area contributed by atoms with Crippen molar-refractivity contribution >= 4 is 5.91 Å². The second kappa shape index (κ2) is 11.9. The van der Waals surface area contributed by atoms with Crippen molar-refractivity contribution in [2.24, 2.45) is 0 Å². The fourth-order valence-electron chi connectivity index (χ4n) is 3.12. The molecule has 0 saturated carbocycles. The van der Waals surface area contributed by atoms with E-state index in [1.807, 2.05) is 4.90 Å². The Morgan fingerprint density at radius 2 is 1.70 bits per heavy atom. The third-order valence-electron chi connectivity index (χ3n) is 4.84. The number of rotatable bonds is 14. The van der Waals surface area contributed by atoms with E-state index in [1.165, 1.54) is 38.5 Å². The van der Waals surface area contributed by atoms with E-state index < -0.39 is 0 Å². The Bertz CT molecular complexity index is 318. The molecule has 0 spiro atoms. The van der Waals surface area contributed by atoms with Crippen molar-refractivity contribution in [2.75, 3.05) is 53.5 Å². The molecule has 1 aliphatic heterocycles. The normalized spacial score (nSPS) is 15.6. The van der Waals surface area contributed by atoms with E-state index in [0.29, 0.717) is 5.91 Å². The first-order valence-electron chi connectivity index (χ1n) is 9.73. The molecule has 0 atom stereocenters. The van der Waals surface area contributed by atoms with Crippen LogP contribution in [0.5, 0.6) is 0 Å². The van der Waals surface area contributed by atoms with Crippen molar-refractivity contribution in [2.45, 2.75) is 64.7 Å². The highest BCUT2D eigenvalue weighted by molar-refractivity contribution is 5.77. The van der Waals surface area contributed by atoms with Crippen LogP contribution in [0.4, 0.5) is 0 Å². The minimum atomic E-state index is 0.340. The van der Waals surface area contributed by atoms with Crippen LogP contribution in [0, 0.1) is 0 Å². The summed E-state index contributed by atoms with van der Waals surface area (Å²) in [7, 11) is 4.52. The lowest BCUT2D eigenvalue weighted by molar-refractivity contribution is -0.889. The largest absolute Gasteiger partial charge is 0.381 e. The number of carbonyl (C=O) groups is 1. The van der Waals surface area contributed by atoms with Gasteiger partial charge in [-0.2, -0.15) is 0 Å². The number of quaternary nitrogens is 1. The molecule has 1 fully saturated rings. The van der Waals surface area contributed by atoms with Gasteiger partial charge in [0.05, 0.1) is 40.3 Å². The number of carbonyl (C=O) groups excluding carboxylic acids is 1. The van der Waals surface area contributed by atoms with Gasteiger partial charge in [0, 0.05) is 26.0 Å². The fourth-order valence-corrected chi connectivity index (χ4v) is 3.12. The van der Waals surface area contributed by atoms with E-state index in [4.69, 9.17) is 4.74 Å². The van der Waals surface area contributed by atoms with Gasteiger partial charge in [-0.1, -0.05) is 39.0 Å². The minimum absolute atomic E-state index is 0.340. The lowest BCUT2D eigenvalue weighted by Crippen LogP contribution is -2.46. The molecule has 1 rings (SSSR count). The topological polar surface area (TPSA) is 29.5 Å². The van der Waals surface area contributed by atoms with Crippen LogP contribution in [0.15, 0.2) is 0 Å². The van der Waals surface area contributed by atoms with Gasteiger partial charge in [-0.25, -0.2) is 0 Å². The predicted octanol–water partition coefficient (Wildman–Crippen LogP) is 3.45. The summed E-state index contributed by atoms with van der Waals surface area (Å²) in [6, 6.07) is 0. The van der Waals surface area contributed by atoms with E-state index in [2.05, 4.69) is 21.0 Å². The number of nitrogens with zero attached hydrogens (tertiary/aromatic N) is 2. The van der Waals surface area contributed by atoms with Gasteiger partial charge in [0.25, 0.3) is 0 Å². The van der Waals surface area contributed by atoms with Crippen molar-refractivity contribution in [3.8, 4) is 0 Å². The summed E-state index contributed by atoms with van der Waals surface area (Å²) in [5.41, 5.74) is 0. The van der Waals surface area contributed by atoms with Gasteiger partial charge < -0.3 is 14.1 Å². The molecular formula is C19H39N2O2+. The average molecular weight is 328 g/mol. The lowest BCUT2D eigenvalue weighted by atomic mass is 10.1. The Kier molecular flexibility index (Phi) is 10.5. The third kappa shape index (κ3) is 9.98. The highest BCUT2D eigenvalue weighted by Gasteiger charge is 2.23. The molecule has 0 unspecified atom stereocenters. The molecule has 136 valence electrons. The van der Waals surface area contributed by atoms with Gasteiger partial charge in [0.2, 0.25) is 5.91 Å². The van der Waals surface area contributed by atoms with Crippen LogP contribution in [0.2, 0.25) is 0 Å².